The van der Waals surface area contributed by atoms with Crippen LogP contribution in [0.15, 0.2) is 0 Å². The summed E-state index contributed by atoms with van der Waals surface area (Å²) in [6.07, 6.45) is 0.456. The van der Waals surface area contributed by atoms with Gasteiger partial charge in [-0.15, -0.1) is 0 Å². The maximum absolute atomic E-state index is 10.3. The fourth-order valence-corrected chi connectivity index (χ4v) is 3.89. The molecule has 0 fully saturated rings. The normalized spacial score (nSPS) is 13.0. The Morgan fingerprint density at radius 3 is 2.70 bits per heavy atom. The van der Waals surface area contributed by atoms with Crippen molar-refractivity contribution in [2.75, 3.05) is 0 Å². The summed E-state index contributed by atoms with van der Waals surface area (Å²) in [6.45, 7) is 1.97. The number of primary amides is 1. The van der Waals surface area contributed by atoms with Gasteiger partial charge in [0.1, 0.15) is 0 Å². The first-order valence-electron chi connectivity index (χ1n) is 2.62. The molecule has 0 saturated carbocycles. The maximum atomic E-state index is 10.3. The minimum Gasteiger partial charge on any atom is 0 e. The average Bonchev–Trinajstić information content (AvgIpc) is 1.63. The van der Waals surface area contributed by atoms with E-state index < -0.39 is 0 Å². The van der Waals surface area contributed by atoms with E-state index in [1.54, 1.807) is 0 Å². The van der Waals surface area contributed by atoms with E-state index >= 15 is 0 Å². The van der Waals surface area contributed by atoms with Gasteiger partial charge in [-0.3, -0.25) is 0 Å². The van der Waals surface area contributed by atoms with Crippen LogP contribution in [0.2, 0.25) is 0 Å². The molecule has 0 aromatic carbocycles. The number of hydrogen-bond donors (Lipinski definition) is 2. The summed E-state index contributed by atoms with van der Waals surface area (Å²) in [6, 6.07) is 0.271. The number of nitrogens with one attached hydrogen (secondary N) is 1. The van der Waals surface area contributed by atoms with Crippen molar-refractivity contribution in [2.45, 2.75) is 19.4 Å². The van der Waals surface area contributed by atoms with Crippen LogP contribution in [0, 0.1) is 0 Å². The Hall–Kier alpha value is 1.65. The molecule has 0 heterocycles. The Balaban J connectivity index is 0. The van der Waals surface area contributed by atoms with Crippen LogP contribution in [0.25, 0.3) is 0 Å². The van der Waals surface area contributed by atoms with Crippen molar-refractivity contribution in [1.29, 1.82) is 0 Å². The van der Waals surface area contributed by atoms with Crippen molar-refractivity contribution in [2.24, 2.45) is 5.73 Å². The quantitative estimate of drug-likeness (QED) is 0.581. The van der Waals surface area contributed by atoms with Crippen LogP contribution in [0.1, 0.15) is 13.3 Å². The van der Waals surface area contributed by atoms with E-state index in [4.69, 9.17) is 5.73 Å². The monoisotopic (exact) mass is 342 g/mol. The summed E-state index contributed by atoms with van der Waals surface area (Å²) in [7, 11) is 0. The largest absolute Gasteiger partial charge is 0 e. The van der Waals surface area contributed by atoms with Crippen molar-refractivity contribution in [1.82, 2.24) is 4.23 Å². The molecule has 0 rings (SSSR count). The zero-order valence-corrected chi connectivity index (χ0v) is 12.9. The topological polar surface area (TPSA) is 55.1 Å². The van der Waals surface area contributed by atoms with Crippen molar-refractivity contribution in [3.8, 4) is 0 Å². The SMILES string of the molecule is CC(CC(N)=O)N[AsH][AsH].[Y]. The Kier molecular flexibility index (Phi) is 12.4. The van der Waals surface area contributed by atoms with Gasteiger partial charge in [0, 0.05) is 32.7 Å². The van der Waals surface area contributed by atoms with Crippen LogP contribution in [-0.2, 0) is 37.5 Å². The van der Waals surface area contributed by atoms with Crippen molar-refractivity contribution in [3.05, 3.63) is 0 Å². The second kappa shape index (κ2) is 8.74. The molecule has 6 heteroatoms. The van der Waals surface area contributed by atoms with E-state index in [-0.39, 0.29) is 58.6 Å². The molecule has 56 valence electrons. The fraction of sp³-hybridized carbons (Fsp3) is 0.750. The second-order valence-corrected chi connectivity index (χ2v) is 5.70. The van der Waals surface area contributed by atoms with E-state index in [1.807, 2.05) is 6.92 Å². The number of amides is 1. The zero-order chi connectivity index (χ0) is 7.28. The molecule has 3 nitrogen and oxygen atoms in total. The third kappa shape index (κ3) is 9.65. The third-order valence-corrected chi connectivity index (χ3v) is 3.74. The molecule has 0 aromatic heterocycles. The van der Waals surface area contributed by atoms with Gasteiger partial charge in [-0.05, 0) is 0 Å². The molecular formula is C4H11As2N2OY. The minimum atomic E-state index is -0.227. The molecule has 0 aliphatic rings. The Morgan fingerprint density at radius 1 is 1.90 bits per heavy atom. The molecule has 3 N–H and O–H groups in total. The molecule has 0 aliphatic carbocycles. The summed E-state index contributed by atoms with van der Waals surface area (Å²) in [5, 5.41) is 0. The number of carbonyl (C=O) groups excluding carboxylic acids is 1. The summed E-state index contributed by atoms with van der Waals surface area (Å²) in [5.41, 5.74) is 4.96. The van der Waals surface area contributed by atoms with Crippen molar-refractivity contribution < 1.29 is 37.5 Å². The first kappa shape index (κ1) is 14.2. The Bertz CT molecular complexity index is 103. The van der Waals surface area contributed by atoms with E-state index in [0.29, 0.717) is 6.42 Å². The van der Waals surface area contributed by atoms with Gasteiger partial charge in [0.05, 0.1) is 0 Å². The molecule has 2 atom stereocenters. The summed E-state index contributed by atoms with van der Waals surface area (Å²) in [5.74, 6) is -0.227. The van der Waals surface area contributed by atoms with Gasteiger partial charge in [-0.1, -0.05) is 0 Å². The summed E-state index contributed by atoms with van der Waals surface area (Å²) in [4.78, 5) is 10.3. The number of nitrogens with two attached hydrogens (primary N) is 1. The van der Waals surface area contributed by atoms with Gasteiger partial charge >= 0.3 is 68.8 Å². The predicted molar refractivity (Wildman–Crippen MR) is 40.7 cm³/mol. The molecule has 0 aliphatic heterocycles. The Morgan fingerprint density at radius 2 is 2.40 bits per heavy atom. The third-order valence-electron chi connectivity index (χ3n) is 0.826. The summed E-state index contributed by atoms with van der Waals surface area (Å²) < 4.78 is 3.20. The second-order valence-electron chi connectivity index (χ2n) is 1.84. The fourth-order valence-electron chi connectivity index (χ4n) is 0.476. The van der Waals surface area contributed by atoms with Gasteiger partial charge in [-0.25, -0.2) is 0 Å². The molecule has 1 amide bonds. The van der Waals surface area contributed by atoms with Crippen LogP contribution in [0.5, 0.6) is 0 Å². The van der Waals surface area contributed by atoms with E-state index in [0.717, 1.165) is 0 Å². The van der Waals surface area contributed by atoms with E-state index in [9.17, 15) is 4.79 Å². The molecule has 0 bridgehead atoms. The minimum absolute atomic E-state index is 0. The average molecular weight is 342 g/mol. The van der Waals surface area contributed by atoms with Crippen LogP contribution in [0.3, 0.4) is 0 Å². The Labute approximate surface area is 100 Å². The number of hydrogen-bond acceptors (Lipinski definition) is 2. The van der Waals surface area contributed by atoms with Gasteiger partial charge in [0.2, 0.25) is 0 Å². The predicted octanol–water partition coefficient (Wildman–Crippen LogP) is -2.00. The van der Waals surface area contributed by atoms with Gasteiger partial charge in [-0.2, -0.15) is 0 Å². The van der Waals surface area contributed by atoms with Gasteiger partial charge < -0.3 is 0 Å². The molecule has 0 saturated heterocycles. The molecular weight excluding hydrogens is 331 g/mol. The van der Waals surface area contributed by atoms with Crippen LogP contribution >= 0.6 is 0 Å². The number of rotatable bonds is 4. The summed E-state index contributed by atoms with van der Waals surface area (Å²) >= 11 is 2.09. The number of carbonyl (C=O) groups is 1. The van der Waals surface area contributed by atoms with E-state index in [2.05, 4.69) is 19.0 Å². The first-order valence-corrected chi connectivity index (χ1v) is 10.2. The standard InChI is InChI=1S/C4H11As2N2O.Y/c1-3(8-6-5)2-4(7)9;/h3,5-6,8H,2H2,1H3,(H2,7,9);. The van der Waals surface area contributed by atoms with Gasteiger partial charge in [0.15, 0.2) is 0 Å². The van der Waals surface area contributed by atoms with Crippen molar-refractivity contribution >= 4 is 34.6 Å². The zero-order valence-electron chi connectivity index (χ0n) is 5.85. The molecule has 10 heavy (non-hydrogen) atoms. The van der Waals surface area contributed by atoms with Gasteiger partial charge in [0.25, 0.3) is 0 Å². The smallest absolute Gasteiger partial charge is 0 e. The molecule has 2 unspecified atom stereocenters. The molecule has 0 spiro atoms. The first-order chi connectivity index (χ1) is 4.16. The molecule has 0 aromatic rings. The van der Waals surface area contributed by atoms with E-state index in [1.165, 1.54) is 0 Å². The maximum Gasteiger partial charge on any atom is 0 e. The van der Waals surface area contributed by atoms with Crippen LogP contribution in [0.4, 0.5) is 0 Å². The van der Waals surface area contributed by atoms with Crippen LogP contribution in [-0.4, -0.2) is 40.6 Å². The molecule has 2 radical (unpaired) electrons. The van der Waals surface area contributed by atoms with Crippen LogP contribution < -0.4 is 9.97 Å². The van der Waals surface area contributed by atoms with Crippen molar-refractivity contribution in [3.63, 3.8) is 0 Å².